The fraction of sp³-hybridized carbons (Fsp3) is 0.297. The minimum atomic E-state index is -5.08. The van der Waals surface area contributed by atoms with Crippen LogP contribution in [0.2, 0.25) is 0 Å². The van der Waals surface area contributed by atoms with Crippen molar-refractivity contribution in [1.29, 1.82) is 0 Å². The van der Waals surface area contributed by atoms with Gasteiger partial charge in [-0.25, -0.2) is 4.79 Å². The number of aliphatic carboxylic acids is 1. The molecule has 0 aliphatic rings. The van der Waals surface area contributed by atoms with Gasteiger partial charge in [0.15, 0.2) is 5.82 Å². The standard InChI is InChI=1S/C35H39N7O3.C2HF3O2/c1-35(2,36)34(43)39-30(17-24-20-38-29-12-8-6-10-27(24)29)33-41-40-32(16-14-22-19-37-28-11-7-5-9-26(22)28)42(33)21-23-13-15-25(44-3)18-31(23)45-4;3-2(4,5)1(6)7/h5-13,15,18-20,30,37-38H,14,16-17,21,36H2,1-4H3,(H,39,43);(H,6,7)/t30-;/m1./s1. The lowest BCUT2D eigenvalue weighted by molar-refractivity contribution is -0.192. The van der Waals surface area contributed by atoms with E-state index in [1.807, 2.05) is 54.7 Å². The summed E-state index contributed by atoms with van der Waals surface area (Å²) in [5.74, 6) is -0.189. The summed E-state index contributed by atoms with van der Waals surface area (Å²) in [6.07, 6.45) is 0.859. The molecule has 6 aromatic rings. The van der Waals surface area contributed by atoms with Gasteiger partial charge in [0, 0.05) is 58.7 Å². The van der Waals surface area contributed by atoms with Crippen LogP contribution in [0.15, 0.2) is 79.1 Å². The molecule has 52 heavy (non-hydrogen) atoms. The number of alkyl halides is 3. The summed E-state index contributed by atoms with van der Waals surface area (Å²) in [6.45, 7) is 3.83. The van der Waals surface area contributed by atoms with Crippen LogP contribution in [0.5, 0.6) is 11.5 Å². The third-order valence-electron chi connectivity index (χ3n) is 8.52. The zero-order valence-corrected chi connectivity index (χ0v) is 29.0. The second-order valence-corrected chi connectivity index (χ2v) is 12.7. The molecule has 274 valence electrons. The molecule has 1 amide bonds. The maximum Gasteiger partial charge on any atom is 0.490 e. The number of halogens is 3. The molecule has 0 bridgehead atoms. The van der Waals surface area contributed by atoms with Gasteiger partial charge in [0.05, 0.1) is 32.3 Å². The van der Waals surface area contributed by atoms with E-state index in [0.717, 1.165) is 39.8 Å². The Labute approximate surface area is 297 Å². The first-order valence-corrected chi connectivity index (χ1v) is 16.3. The van der Waals surface area contributed by atoms with Crippen LogP contribution in [-0.4, -0.2) is 67.7 Å². The number of benzene rings is 3. The van der Waals surface area contributed by atoms with Crippen LogP contribution in [0.1, 0.15) is 48.2 Å². The van der Waals surface area contributed by atoms with Crippen LogP contribution in [0.3, 0.4) is 0 Å². The molecule has 0 spiro atoms. The number of methoxy groups -OCH3 is 2. The van der Waals surface area contributed by atoms with Gasteiger partial charge in [0.1, 0.15) is 17.3 Å². The minimum absolute atomic E-state index is 0.274. The molecule has 0 fully saturated rings. The number of hydrogen-bond acceptors (Lipinski definition) is 7. The number of carbonyl (C=O) groups is 2. The van der Waals surface area contributed by atoms with Crippen molar-refractivity contribution in [3.8, 4) is 11.5 Å². The SMILES string of the molecule is COc1ccc(Cn2c(CCc3c[nH]c4ccccc34)nnc2[C@@H](Cc2c[nH]c3ccccc23)NC(=O)C(C)(C)N)c(OC)c1.O=C(O)C(F)(F)F. The average molecular weight is 720 g/mol. The number of aryl methyl sites for hydroxylation is 2. The Balaban J connectivity index is 0.000000679. The number of H-pyrrole nitrogens is 2. The van der Waals surface area contributed by atoms with Crippen molar-refractivity contribution in [1.82, 2.24) is 30.0 Å². The Morgan fingerprint density at radius 3 is 2.06 bits per heavy atom. The number of aromatic nitrogens is 5. The van der Waals surface area contributed by atoms with Crippen LogP contribution in [0, 0.1) is 0 Å². The molecule has 0 saturated carbocycles. The molecular weight excluding hydrogens is 679 g/mol. The number of hydrogen-bond donors (Lipinski definition) is 5. The molecule has 3 heterocycles. The van der Waals surface area contributed by atoms with Crippen molar-refractivity contribution in [2.45, 2.75) is 57.4 Å². The summed E-state index contributed by atoms with van der Waals surface area (Å²) in [6, 6.07) is 21.7. The summed E-state index contributed by atoms with van der Waals surface area (Å²) in [5.41, 5.74) is 10.5. The monoisotopic (exact) mass is 719 g/mol. The number of rotatable bonds is 12. The molecule has 0 saturated heterocycles. The topological polar surface area (TPSA) is 173 Å². The molecule has 0 unspecified atom stereocenters. The number of ether oxygens (including phenoxy) is 2. The highest BCUT2D eigenvalue weighted by molar-refractivity contribution is 5.86. The van der Waals surface area contributed by atoms with Gasteiger partial charge in [0.2, 0.25) is 5.91 Å². The maximum atomic E-state index is 13.4. The Bertz CT molecular complexity index is 2160. The largest absolute Gasteiger partial charge is 0.497 e. The lowest BCUT2D eigenvalue weighted by Crippen LogP contribution is -2.50. The van der Waals surface area contributed by atoms with E-state index in [-0.39, 0.29) is 5.91 Å². The van der Waals surface area contributed by atoms with Crippen LogP contribution in [0.25, 0.3) is 21.8 Å². The lowest BCUT2D eigenvalue weighted by atomic mass is 10.0. The second-order valence-electron chi connectivity index (χ2n) is 12.7. The van der Waals surface area contributed by atoms with Crippen LogP contribution >= 0.6 is 0 Å². The number of nitrogens with one attached hydrogen (secondary N) is 3. The average Bonchev–Trinajstić information content (AvgIpc) is 3.83. The first-order valence-electron chi connectivity index (χ1n) is 16.3. The maximum absolute atomic E-state index is 13.4. The molecular formula is C37H40F3N7O5. The molecule has 0 aliphatic carbocycles. The van der Waals surface area contributed by atoms with E-state index in [0.29, 0.717) is 36.7 Å². The van der Waals surface area contributed by atoms with Gasteiger partial charge >= 0.3 is 12.1 Å². The number of para-hydroxylation sites is 2. The van der Waals surface area contributed by atoms with Gasteiger partial charge < -0.3 is 40.2 Å². The van der Waals surface area contributed by atoms with Crippen molar-refractivity contribution in [3.05, 3.63) is 107 Å². The van der Waals surface area contributed by atoms with E-state index in [9.17, 15) is 18.0 Å². The highest BCUT2D eigenvalue weighted by Crippen LogP contribution is 2.30. The van der Waals surface area contributed by atoms with Gasteiger partial charge in [-0.1, -0.05) is 36.4 Å². The van der Waals surface area contributed by atoms with Crippen molar-refractivity contribution >= 4 is 33.7 Å². The minimum Gasteiger partial charge on any atom is -0.497 e. The Morgan fingerprint density at radius 1 is 0.885 bits per heavy atom. The normalized spacial score (nSPS) is 12.3. The second kappa shape index (κ2) is 15.6. The molecule has 1 atom stereocenters. The lowest BCUT2D eigenvalue weighted by Gasteiger charge is -2.25. The number of aromatic amines is 2. The van der Waals surface area contributed by atoms with Gasteiger partial charge in [-0.2, -0.15) is 13.2 Å². The van der Waals surface area contributed by atoms with Crippen LogP contribution in [0.4, 0.5) is 13.2 Å². The molecule has 3 aromatic heterocycles. The fourth-order valence-electron chi connectivity index (χ4n) is 5.77. The van der Waals surface area contributed by atoms with Crippen molar-refractivity contribution in [2.24, 2.45) is 5.73 Å². The summed E-state index contributed by atoms with van der Waals surface area (Å²) in [7, 11) is 3.28. The smallest absolute Gasteiger partial charge is 0.490 e. The predicted octanol–water partition coefficient (Wildman–Crippen LogP) is 5.86. The molecule has 12 nitrogen and oxygen atoms in total. The molecule has 3 aromatic carbocycles. The molecule has 0 aliphatic heterocycles. The first kappa shape index (κ1) is 37.4. The van der Waals surface area contributed by atoms with Gasteiger partial charge in [-0.05, 0) is 55.7 Å². The van der Waals surface area contributed by atoms with E-state index in [2.05, 4.69) is 44.2 Å². The summed E-state index contributed by atoms with van der Waals surface area (Å²) in [4.78, 5) is 29.0. The van der Waals surface area contributed by atoms with Crippen molar-refractivity contribution in [2.75, 3.05) is 14.2 Å². The van der Waals surface area contributed by atoms with Gasteiger partial charge in [-0.15, -0.1) is 10.2 Å². The summed E-state index contributed by atoms with van der Waals surface area (Å²) >= 11 is 0. The fourth-order valence-corrected chi connectivity index (χ4v) is 5.77. The van der Waals surface area contributed by atoms with E-state index in [4.69, 9.17) is 35.3 Å². The van der Waals surface area contributed by atoms with Crippen LogP contribution < -0.4 is 20.5 Å². The molecule has 15 heteroatoms. The molecule has 0 radical (unpaired) electrons. The number of carboxylic acid groups (broad SMARTS) is 1. The third kappa shape index (κ3) is 8.72. The zero-order chi connectivity index (χ0) is 37.6. The zero-order valence-electron chi connectivity index (χ0n) is 29.0. The Kier molecular flexibility index (Phi) is 11.2. The summed E-state index contributed by atoms with van der Waals surface area (Å²) < 4.78 is 45.0. The quantitative estimate of drug-likeness (QED) is 0.105. The number of fused-ring (bicyclic) bond motifs is 2. The number of carbonyl (C=O) groups excluding carboxylic acids is 1. The number of nitrogens with zero attached hydrogens (tertiary/aromatic N) is 3. The van der Waals surface area contributed by atoms with Gasteiger partial charge in [-0.3, -0.25) is 4.79 Å². The third-order valence-corrected chi connectivity index (χ3v) is 8.52. The van der Waals surface area contributed by atoms with Gasteiger partial charge in [0.25, 0.3) is 0 Å². The highest BCUT2D eigenvalue weighted by Gasteiger charge is 2.38. The van der Waals surface area contributed by atoms with E-state index >= 15 is 0 Å². The van der Waals surface area contributed by atoms with Crippen molar-refractivity contribution in [3.63, 3.8) is 0 Å². The number of nitrogens with two attached hydrogens (primary N) is 1. The first-order chi connectivity index (χ1) is 24.7. The summed E-state index contributed by atoms with van der Waals surface area (Å²) in [5, 5.41) is 22.0. The van der Waals surface area contributed by atoms with E-state index < -0.39 is 23.7 Å². The number of carboxylic acids is 1. The van der Waals surface area contributed by atoms with Crippen LogP contribution in [-0.2, 0) is 35.4 Å². The number of amides is 1. The Hall–Kier alpha value is -5.83. The Morgan fingerprint density at radius 2 is 1.48 bits per heavy atom. The van der Waals surface area contributed by atoms with Crippen molar-refractivity contribution < 1.29 is 37.3 Å². The van der Waals surface area contributed by atoms with E-state index in [1.165, 1.54) is 10.9 Å². The van der Waals surface area contributed by atoms with E-state index in [1.54, 1.807) is 28.1 Å². The highest BCUT2D eigenvalue weighted by atomic mass is 19.4. The molecule has 6 rings (SSSR count). The molecule has 6 N–H and O–H groups in total. The predicted molar refractivity (Wildman–Crippen MR) is 189 cm³/mol.